The van der Waals surface area contributed by atoms with E-state index in [2.05, 4.69) is 36.8 Å². The monoisotopic (exact) mass is 249 g/mol. The third-order valence-electron chi connectivity index (χ3n) is 3.93. The van der Waals surface area contributed by atoms with Crippen molar-refractivity contribution in [2.45, 2.75) is 33.2 Å². The van der Waals surface area contributed by atoms with Crippen LogP contribution in [0.1, 0.15) is 29.8 Å². The Labute approximate surface area is 109 Å². The number of rotatable bonds is 4. The van der Waals surface area contributed by atoms with Gasteiger partial charge in [0.25, 0.3) is 0 Å². The van der Waals surface area contributed by atoms with Crippen molar-refractivity contribution >= 4 is 5.91 Å². The van der Waals surface area contributed by atoms with E-state index in [1.165, 1.54) is 17.0 Å². The zero-order valence-corrected chi connectivity index (χ0v) is 11.6. The fourth-order valence-electron chi connectivity index (χ4n) is 2.49. The molecule has 1 aromatic rings. The number of hydrogen-bond acceptors (Lipinski definition) is 2. The van der Waals surface area contributed by atoms with Crippen LogP contribution in [0.25, 0.3) is 0 Å². The summed E-state index contributed by atoms with van der Waals surface area (Å²) in [6.45, 7) is 7.31. The number of amides is 1. The van der Waals surface area contributed by atoms with Crippen LogP contribution in [0.3, 0.4) is 0 Å². The lowest BCUT2D eigenvalue weighted by molar-refractivity contribution is -0.129. The number of nitrogens with one attached hydrogen (secondary N) is 1. The molecule has 1 fully saturated rings. The summed E-state index contributed by atoms with van der Waals surface area (Å²) in [6, 6.07) is 2.18. The molecule has 2 heterocycles. The second-order valence-electron chi connectivity index (χ2n) is 5.15. The van der Waals surface area contributed by atoms with Crippen LogP contribution in [0, 0.1) is 13.8 Å². The molecule has 0 spiro atoms. The smallest absolute Gasteiger partial charge is 0.236 e. The lowest BCUT2D eigenvalue weighted by Crippen LogP contribution is -2.36. The highest BCUT2D eigenvalue weighted by molar-refractivity contribution is 5.78. The molecule has 1 aliphatic heterocycles. The number of nitrogens with zero attached hydrogens (tertiary/aromatic N) is 2. The molecule has 0 aromatic carbocycles. The van der Waals surface area contributed by atoms with Gasteiger partial charge in [0.1, 0.15) is 0 Å². The second kappa shape index (κ2) is 5.57. The Balaban J connectivity index is 1.81. The zero-order valence-electron chi connectivity index (χ0n) is 11.6. The highest BCUT2D eigenvalue weighted by Gasteiger charge is 2.17. The highest BCUT2D eigenvalue weighted by Crippen LogP contribution is 2.12. The molecule has 0 radical (unpaired) electrons. The SMILES string of the molecule is Cc1cc(CNCC(=O)N2CCCC2)c(C)n1C. The minimum atomic E-state index is 0.234. The van der Waals surface area contributed by atoms with Crippen LogP contribution >= 0.6 is 0 Å². The number of aryl methyl sites for hydroxylation is 1. The van der Waals surface area contributed by atoms with Gasteiger partial charge in [-0.25, -0.2) is 0 Å². The Morgan fingerprint density at radius 3 is 2.56 bits per heavy atom. The van der Waals surface area contributed by atoms with E-state index in [0.29, 0.717) is 6.54 Å². The van der Waals surface area contributed by atoms with Crippen LogP contribution in [0.15, 0.2) is 6.07 Å². The molecule has 2 rings (SSSR count). The molecule has 1 aromatic heterocycles. The highest BCUT2D eigenvalue weighted by atomic mass is 16.2. The summed E-state index contributed by atoms with van der Waals surface area (Å²) in [4.78, 5) is 13.8. The summed E-state index contributed by atoms with van der Waals surface area (Å²) in [6.07, 6.45) is 2.31. The Morgan fingerprint density at radius 1 is 1.33 bits per heavy atom. The van der Waals surface area contributed by atoms with E-state index in [0.717, 1.165) is 32.5 Å². The number of carbonyl (C=O) groups is 1. The first-order chi connectivity index (χ1) is 8.59. The molecule has 0 unspecified atom stereocenters. The van der Waals surface area contributed by atoms with Gasteiger partial charge in [-0.1, -0.05) is 0 Å². The molecular formula is C14H23N3O. The average Bonchev–Trinajstić information content (AvgIpc) is 2.95. The van der Waals surface area contributed by atoms with Crippen molar-refractivity contribution in [3.05, 3.63) is 23.0 Å². The van der Waals surface area contributed by atoms with Crippen molar-refractivity contribution in [2.24, 2.45) is 7.05 Å². The number of hydrogen-bond donors (Lipinski definition) is 1. The fourth-order valence-corrected chi connectivity index (χ4v) is 2.49. The summed E-state index contributed by atoms with van der Waals surface area (Å²) in [5, 5.41) is 3.26. The van der Waals surface area contributed by atoms with E-state index in [9.17, 15) is 4.79 Å². The predicted molar refractivity (Wildman–Crippen MR) is 72.4 cm³/mol. The summed E-state index contributed by atoms with van der Waals surface area (Å²) in [5.74, 6) is 0.234. The maximum Gasteiger partial charge on any atom is 0.236 e. The van der Waals surface area contributed by atoms with Crippen molar-refractivity contribution in [3.8, 4) is 0 Å². The molecule has 0 bridgehead atoms. The molecule has 0 aliphatic carbocycles. The zero-order chi connectivity index (χ0) is 13.1. The van der Waals surface area contributed by atoms with E-state index in [1.807, 2.05) is 4.90 Å². The van der Waals surface area contributed by atoms with Crippen molar-refractivity contribution in [1.29, 1.82) is 0 Å². The molecule has 0 saturated carbocycles. The third-order valence-corrected chi connectivity index (χ3v) is 3.93. The van der Waals surface area contributed by atoms with E-state index in [4.69, 9.17) is 0 Å². The first-order valence-corrected chi connectivity index (χ1v) is 6.70. The summed E-state index contributed by atoms with van der Waals surface area (Å²) in [5.41, 5.74) is 3.81. The quantitative estimate of drug-likeness (QED) is 0.874. The maximum absolute atomic E-state index is 11.9. The molecule has 18 heavy (non-hydrogen) atoms. The van der Waals surface area contributed by atoms with Crippen molar-refractivity contribution in [1.82, 2.24) is 14.8 Å². The van der Waals surface area contributed by atoms with Gasteiger partial charge in [-0.15, -0.1) is 0 Å². The lowest BCUT2D eigenvalue weighted by atomic mass is 10.2. The largest absolute Gasteiger partial charge is 0.352 e. The van der Waals surface area contributed by atoms with Gasteiger partial charge in [-0.05, 0) is 38.3 Å². The van der Waals surface area contributed by atoms with Gasteiger partial charge in [-0.3, -0.25) is 4.79 Å². The number of likely N-dealkylation sites (tertiary alicyclic amines) is 1. The topological polar surface area (TPSA) is 37.3 Å². The first-order valence-electron chi connectivity index (χ1n) is 6.70. The molecule has 0 atom stereocenters. The Kier molecular flexibility index (Phi) is 4.07. The van der Waals surface area contributed by atoms with E-state index < -0.39 is 0 Å². The van der Waals surface area contributed by atoms with Gasteiger partial charge in [-0.2, -0.15) is 0 Å². The van der Waals surface area contributed by atoms with Crippen LogP contribution in [0.4, 0.5) is 0 Å². The molecule has 100 valence electrons. The van der Waals surface area contributed by atoms with Crippen LogP contribution in [0.5, 0.6) is 0 Å². The Hall–Kier alpha value is -1.29. The predicted octanol–water partition coefficient (Wildman–Crippen LogP) is 1.35. The van der Waals surface area contributed by atoms with Gasteiger partial charge in [0, 0.05) is 38.1 Å². The first kappa shape index (κ1) is 13.1. The van der Waals surface area contributed by atoms with E-state index in [-0.39, 0.29) is 5.91 Å². The van der Waals surface area contributed by atoms with E-state index >= 15 is 0 Å². The maximum atomic E-state index is 11.9. The van der Waals surface area contributed by atoms with Crippen molar-refractivity contribution in [3.63, 3.8) is 0 Å². The van der Waals surface area contributed by atoms with Gasteiger partial charge >= 0.3 is 0 Å². The second-order valence-corrected chi connectivity index (χ2v) is 5.15. The third kappa shape index (κ3) is 2.75. The minimum Gasteiger partial charge on any atom is -0.352 e. The molecule has 1 N–H and O–H groups in total. The summed E-state index contributed by atoms with van der Waals surface area (Å²) >= 11 is 0. The summed E-state index contributed by atoms with van der Waals surface area (Å²) in [7, 11) is 2.07. The molecule has 4 heteroatoms. The number of aromatic nitrogens is 1. The standard InChI is InChI=1S/C14H23N3O/c1-11-8-13(12(2)16(11)3)9-15-10-14(18)17-6-4-5-7-17/h8,15H,4-7,9-10H2,1-3H3. The fraction of sp³-hybridized carbons (Fsp3) is 0.643. The van der Waals surface area contributed by atoms with Gasteiger partial charge in [0.15, 0.2) is 0 Å². The van der Waals surface area contributed by atoms with Crippen LogP contribution < -0.4 is 5.32 Å². The van der Waals surface area contributed by atoms with Crippen molar-refractivity contribution < 1.29 is 4.79 Å². The summed E-state index contributed by atoms with van der Waals surface area (Å²) < 4.78 is 2.18. The molecule has 1 saturated heterocycles. The van der Waals surface area contributed by atoms with Gasteiger partial charge in [0.05, 0.1) is 6.54 Å². The molecule has 1 amide bonds. The van der Waals surface area contributed by atoms with Crippen molar-refractivity contribution in [2.75, 3.05) is 19.6 Å². The Bertz CT molecular complexity index is 430. The molecular weight excluding hydrogens is 226 g/mol. The molecule has 1 aliphatic rings. The van der Waals surface area contributed by atoms with E-state index in [1.54, 1.807) is 0 Å². The van der Waals surface area contributed by atoms with Crippen LogP contribution in [0.2, 0.25) is 0 Å². The minimum absolute atomic E-state index is 0.234. The van der Waals surface area contributed by atoms with Crippen LogP contribution in [-0.2, 0) is 18.4 Å². The van der Waals surface area contributed by atoms with Gasteiger partial charge < -0.3 is 14.8 Å². The lowest BCUT2D eigenvalue weighted by Gasteiger charge is -2.15. The molecule has 4 nitrogen and oxygen atoms in total. The normalized spacial score (nSPS) is 15.4. The number of carbonyl (C=O) groups excluding carboxylic acids is 1. The average molecular weight is 249 g/mol. The van der Waals surface area contributed by atoms with Gasteiger partial charge in [0.2, 0.25) is 5.91 Å². The Morgan fingerprint density at radius 2 is 2.00 bits per heavy atom. The van der Waals surface area contributed by atoms with Crippen LogP contribution in [-0.4, -0.2) is 35.0 Å².